The number of allylic oxidation sites excluding steroid dienone is 12. The Bertz CT molecular complexity index is 1130. The molecule has 6 heteroatoms. The Balaban J connectivity index is 4.44. The van der Waals surface area contributed by atoms with Crippen LogP contribution in [-0.2, 0) is 28.6 Å². The van der Waals surface area contributed by atoms with E-state index in [2.05, 4.69) is 57.2 Å². The summed E-state index contributed by atoms with van der Waals surface area (Å²) in [5.41, 5.74) is 0. The second-order valence-electron chi connectivity index (χ2n) is 16.1. The molecule has 6 nitrogen and oxygen atoms in total. The molecule has 0 amide bonds. The highest BCUT2D eigenvalue weighted by Gasteiger charge is 2.19. The van der Waals surface area contributed by atoms with Gasteiger partial charge < -0.3 is 14.2 Å². The van der Waals surface area contributed by atoms with Crippen LogP contribution in [0.1, 0.15) is 226 Å². The summed E-state index contributed by atoms with van der Waals surface area (Å²) in [5.74, 6) is -0.938. The van der Waals surface area contributed by atoms with Crippen molar-refractivity contribution < 1.29 is 28.6 Å². The minimum atomic E-state index is -0.791. The molecular weight excluding hydrogens is 733 g/mol. The lowest BCUT2D eigenvalue weighted by Crippen LogP contribution is -2.30. The summed E-state index contributed by atoms with van der Waals surface area (Å²) >= 11 is 0. The largest absolute Gasteiger partial charge is 0.462 e. The summed E-state index contributed by atoms with van der Waals surface area (Å²) < 4.78 is 16.7. The first-order valence-corrected chi connectivity index (χ1v) is 24.5. The molecule has 0 spiro atoms. The summed E-state index contributed by atoms with van der Waals surface area (Å²) in [7, 11) is 0. The predicted molar refractivity (Wildman–Crippen MR) is 251 cm³/mol. The summed E-state index contributed by atoms with van der Waals surface area (Å²) in [5, 5.41) is 0. The molecule has 0 aliphatic rings. The Morgan fingerprint density at radius 2 is 0.746 bits per heavy atom. The van der Waals surface area contributed by atoms with Gasteiger partial charge in [0.15, 0.2) is 6.10 Å². The standard InChI is InChI=1S/C53H90O6/c1-4-7-10-13-16-19-22-25-28-31-34-37-40-43-46-52(55)58-49-50(48-57-51(54)45-42-39-36-33-30-27-24-21-18-15-12-9-6-3)59-53(56)47-44-41-38-35-32-29-26-23-20-17-14-11-8-5-2/h7,9-10,12,15-16,18-19,21,24,27,30,50H,4-6,8,11,13-14,17,20,22-23,25-26,28-29,31-49H2,1-3H3/b10-7-,12-9-,18-15-,19-16-,24-21-,30-27-. The van der Waals surface area contributed by atoms with Crippen LogP contribution >= 0.6 is 0 Å². The molecule has 1 unspecified atom stereocenters. The first-order valence-electron chi connectivity index (χ1n) is 24.5. The van der Waals surface area contributed by atoms with Crippen molar-refractivity contribution in [3.8, 4) is 0 Å². The van der Waals surface area contributed by atoms with Gasteiger partial charge in [0.05, 0.1) is 0 Å². The molecule has 338 valence electrons. The van der Waals surface area contributed by atoms with Gasteiger partial charge in [-0.3, -0.25) is 14.4 Å². The highest BCUT2D eigenvalue weighted by Crippen LogP contribution is 2.15. The van der Waals surface area contributed by atoms with Crippen LogP contribution in [0.15, 0.2) is 72.9 Å². The number of carbonyl (C=O) groups is 3. The minimum Gasteiger partial charge on any atom is -0.462 e. The van der Waals surface area contributed by atoms with Gasteiger partial charge >= 0.3 is 17.9 Å². The topological polar surface area (TPSA) is 78.9 Å². The third-order valence-electron chi connectivity index (χ3n) is 10.3. The molecule has 0 fully saturated rings. The lowest BCUT2D eigenvalue weighted by Gasteiger charge is -2.18. The first-order chi connectivity index (χ1) is 29.0. The Hall–Kier alpha value is -3.15. The second-order valence-corrected chi connectivity index (χ2v) is 16.1. The molecule has 0 saturated heterocycles. The van der Waals surface area contributed by atoms with E-state index in [4.69, 9.17) is 14.2 Å². The normalized spacial score (nSPS) is 12.7. The zero-order valence-corrected chi connectivity index (χ0v) is 38.5. The average molecular weight is 823 g/mol. The van der Waals surface area contributed by atoms with Gasteiger partial charge in [0, 0.05) is 19.3 Å². The number of rotatable bonds is 43. The van der Waals surface area contributed by atoms with Crippen molar-refractivity contribution in [2.45, 2.75) is 232 Å². The smallest absolute Gasteiger partial charge is 0.306 e. The molecule has 0 saturated carbocycles. The van der Waals surface area contributed by atoms with E-state index in [0.29, 0.717) is 19.3 Å². The Kier molecular flexibility index (Phi) is 45.0. The number of hydrogen-bond acceptors (Lipinski definition) is 6. The van der Waals surface area contributed by atoms with Crippen molar-refractivity contribution in [2.75, 3.05) is 13.2 Å². The zero-order valence-electron chi connectivity index (χ0n) is 38.5. The van der Waals surface area contributed by atoms with Crippen LogP contribution in [0.25, 0.3) is 0 Å². The van der Waals surface area contributed by atoms with E-state index in [1.807, 2.05) is 36.5 Å². The van der Waals surface area contributed by atoms with Crippen molar-refractivity contribution in [3.63, 3.8) is 0 Å². The SMILES string of the molecule is CC\C=C/C=C\C=C/C=C\CCCCCC(=O)OCC(COC(=O)CCCCCCCCC/C=C\C/C=C\CC)OC(=O)CCCCCCCCCCCCCCCC. The van der Waals surface area contributed by atoms with Crippen LogP contribution in [0.4, 0.5) is 0 Å². The molecule has 0 aromatic heterocycles. The highest BCUT2D eigenvalue weighted by atomic mass is 16.6. The van der Waals surface area contributed by atoms with Gasteiger partial charge in [-0.05, 0) is 64.2 Å². The summed E-state index contributed by atoms with van der Waals surface area (Å²) in [6.45, 7) is 6.35. The number of esters is 3. The van der Waals surface area contributed by atoms with Crippen molar-refractivity contribution in [2.24, 2.45) is 0 Å². The first kappa shape index (κ1) is 55.9. The molecule has 59 heavy (non-hydrogen) atoms. The van der Waals surface area contributed by atoms with Gasteiger partial charge in [-0.2, -0.15) is 0 Å². The lowest BCUT2D eigenvalue weighted by molar-refractivity contribution is -0.167. The van der Waals surface area contributed by atoms with Crippen molar-refractivity contribution in [1.29, 1.82) is 0 Å². The predicted octanol–water partition coefficient (Wildman–Crippen LogP) is 15.9. The number of unbranched alkanes of at least 4 members (excludes halogenated alkanes) is 23. The van der Waals surface area contributed by atoms with E-state index in [9.17, 15) is 14.4 Å². The minimum absolute atomic E-state index is 0.0913. The maximum atomic E-state index is 12.8. The van der Waals surface area contributed by atoms with E-state index in [-0.39, 0.29) is 31.1 Å². The van der Waals surface area contributed by atoms with Gasteiger partial charge in [0.25, 0.3) is 0 Å². The van der Waals surface area contributed by atoms with Crippen LogP contribution in [0.5, 0.6) is 0 Å². The molecule has 0 aromatic rings. The number of ether oxygens (including phenoxy) is 3. The van der Waals surface area contributed by atoms with Crippen LogP contribution in [-0.4, -0.2) is 37.2 Å². The molecule has 0 bridgehead atoms. The van der Waals surface area contributed by atoms with Crippen molar-refractivity contribution >= 4 is 17.9 Å². The molecule has 0 aliphatic heterocycles. The van der Waals surface area contributed by atoms with Crippen molar-refractivity contribution in [1.82, 2.24) is 0 Å². The lowest BCUT2D eigenvalue weighted by atomic mass is 10.0. The highest BCUT2D eigenvalue weighted by molar-refractivity contribution is 5.71. The average Bonchev–Trinajstić information content (AvgIpc) is 3.23. The summed E-state index contributed by atoms with van der Waals surface area (Å²) in [6, 6.07) is 0. The third-order valence-corrected chi connectivity index (χ3v) is 10.3. The quantitative estimate of drug-likeness (QED) is 0.0200. The van der Waals surface area contributed by atoms with E-state index >= 15 is 0 Å². The number of hydrogen-bond donors (Lipinski definition) is 0. The van der Waals surface area contributed by atoms with E-state index < -0.39 is 6.10 Å². The maximum Gasteiger partial charge on any atom is 0.306 e. The number of carbonyl (C=O) groups excluding carboxylic acids is 3. The van der Waals surface area contributed by atoms with Crippen LogP contribution < -0.4 is 0 Å². The summed E-state index contributed by atoms with van der Waals surface area (Å²) in [4.78, 5) is 37.9. The van der Waals surface area contributed by atoms with Gasteiger partial charge in [0.2, 0.25) is 0 Å². The van der Waals surface area contributed by atoms with Gasteiger partial charge in [-0.15, -0.1) is 0 Å². The molecule has 0 rings (SSSR count). The van der Waals surface area contributed by atoms with E-state index in [1.165, 1.54) is 96.3 Å². The third kappa shape index (κ3) is 45.8. The van der Waals surface area contributed by atoms with Gasteiger partial charge in [-0.1, -0.05) is 216 Å². The zero-order chi connectivity index (χ0) is 43.0. The molecular formula is C53H90O6. The fourth-order valence-electron chi connectivity index (χ4n) is 6.67. The molecule has 1 atom stereocenters. The Labute approximate surface area is 363 Å². The fraction of sp³-hybridized carbons (Fsp3) is 0.717. The van der Waals surface area contributed by atoms with Crippen LogP contribution in [0, 0.1) is 0 Å². The molecule has 0 aliphatic carbocycles. The summed E-state index contributed by atoms with van der Waals surface area (Å²) in [6.07, 6.45) is 58.8. The van der Waals surface area contributed by atoms with E-state index in [1.54, 1.807) is 0 Å². The Morgan fingerprint density at radius 1 is 0.373 bits per heavy atom. The monoisotopic (exact) mass is 823 g/mol. The maximum absolute atomic E-state index is 12.8. The molecule has 0 aromatic carbocycles. The molecule has 0 N–H and O–H groups in total. The van der Waals surface area contributed by atoms with Gasteiger partial charge in [0.1, 0.15) is 13.2 Å². The second kappa shape index (κ2) is 47.5. The van der Waals surface area contributed by atoms with E-state index in [0.717, 1.165) is 89.9 Å². The molecule has 0 heterocycles. The van der Waals surface area contributed by atoms with Gasteiger partial charge in [-0.25, -0.2) is 0 Å². The van der Waals surface area contributed by atoms with Crippen LogP contribution in [0.2, 0.25) is 0 Å². The Morgan fingerprint density at radius 3 is 1.24 bits per heavy atom. The fourth-order valence-corrected chi connectivity index (χ4v) is 6.67. The van der Waals surface area contributed by atoms with Crippen LogP contribution in [0.3, 0.4) is 0 Å². The van der Waals surface area contributed by atoms with Crippen molar-refractivity contribution in [3.05, 3.63) is 72.9 Å². The molecule has 0 radical (unpaired) electrons.